The topological polar surface area (TPSA) is 166 Å². The molecule has 2 saturated heterocycles. The Morgan fingerprint density at radius 2 is 1.06 bits per heavy atom. The third-order valence-electron chi connectivity index (χ3n) is 12.4. The molecule has 0 spiro atoms. The number of aromatic hydroxyl groups is 2. The molecule has 13 nitrogen and oxygen atoms in total. The van der Waals surface area contributed by atoms with Crippen LogP contribution in [0, 0.1) is 0 Å². The number of hydrogen-bond donors (Lipinski definition) is 5. The molecule has 2 aliphatic heterocycles. The van der Waals surface area contributed by atoms with Crippen LogP contribution in [0.4, 0.5) is 0 Å². The van der Waals surface area contributed by atoms with Crippen molar-refractivity contribution in [1.29, 1.82) is 0 Å². The number of phenols is 2. The number of carboxylic acids is 1. The molecule has 0 radical (unpaired) electrons. The molecule has 2 heterocycles. The average Bonchev–Trinajstić information content (AvgIpc) is 3.33. The van der Waals surface area contributed by atoms with Gasteiger partial charge in [0.2, 0.25) is 5.91 Å². The van der Waals surface area contributed by atoms with Crippen molar-refractivity contribution in [3.63, 3.8) is 0 Å². The Bertz CT molecular complexity index is 2160. The lowest BCUT2D eigenvalue weighted by atomic mass is 9.86. The lowest BCUT2D eigenvalue weighted by Crippen LogP contribution is -2.48. The summed E-state index contributed by atoms with van der Waals surface area (Å²) in [6.45, 7) is 32.2. The first-order chi connectivity index (χ1) is 33.2. The van der Waals surface area contributed by atoms with E-state index in [2.05, 4.69) is 93.7 Å². The number of ketones is 1. The van der Waals surface area contributed by atoms with Crippen LogP contribution in [-0.2, 0) is 33.5 Å². The monoisotopic (exact) mass is 965 g/mol. The number of phenolic OH excluding ortho intramolecular Hbond substituents is 2. The van der Waals surface area contributed by atoms with Gasteiger partial charge in [0.25, 0.3) is 5.91 Å². The van der Waals surface area contributed by atoms with Crippen molar-refractivity contribution in [2.24, 2.45) is 0 Å². The highest BCUT2D eigenvalue weighted by molar-refractivity contribution is 5.96. The Kier molecular flexibility index (Phi) is 25.3. The van der Waals surface area contributed by atoms with Crippen molar-refractivity contribution >= 4 is 23.6 Å². The van der Waals surface area contributed by atoms with Gasteiger partial charge in [-0.2, -0.15) is 0 Å². The van der Waals surface area contributed by atoms with Gasteiger partial charge < -0.3 is 35.8 Å². The largest absolute Gasteiger partial charge is 0.508 e. The number of nitrogens with one attached hydrogen (secondary N) is 2. The molecule has 384 valence electrons. The van der Waals surface area contributed by atoms with Gasteiger partial charge in [-0.05, 0) is 95.5 Å². The lowest BCUT2D eigenvalue weighted by Gasteiger charge is -2.34. The molecule has 0 bridgehead atoms. The van der Waals surface area contributed by atoms with Crippen LogP contribution in [0.2, 0.25) is 0 Å². The number of amides is 2. The zero-order valence-corrected chi connectivity index (χ0v) is 43.7. The molecule has 2 aliphatic rings. The van der Waals surface area contributed by atoms with E-state index < -0.39 is 5.97 Å². The Morgan fingerprint density at radius 3 is 1.47 bits per heavy atom. The Morgan fingerprint density at radius 1 is 0.600 bits per heavy atom. The lowest BCUT2D eigenvalue weighted by molar-refractivity contribution is -0.137. The summed E-state index contributed by atoms with van der Waals surface area (Å²) in [4.78, 5) is 55.9. The summed E-state index contributed by atoms with van der Waals surface area (Å²) >= 11 is 0. The van der Waals surface area contributed by atoms with Gasteiger partial charge in [-0.3, -0.25) is 29.0 Å². The van der Waals surface area contributed by atoms with Gasteiger partial charge in [-0.15, -0.1) is 0 Å². The van der Waals surface area contributed by atoms with Crippen LogP contribution in [0.25, 0.3) is 0 Å². The van der Waals surface area contributed by atoms with E-state index in [1.165, 1.54) is 36.3 Å². The first kappa shape index (κ1) is 58.7. The molecule has 0 aromatic heterocycles. The van der Waals surface area contributed by atoms with E-state index in [-0.39, 0.29) is 40.6 Å². The fraction of sp³-hybridized carbons (Fsp3) is 0.509. The van der Waals surface area contributed by atoms with Crippen molar-refractivity contribution in [2.75, 3.05) is 78.5 Å². The van der Waals surface area contributed by atoms with Crippen molar-refractivity contribution in [3.05, 3.63) is 130 Å². The summed E-state index contributed by atoms with van der Waals surface area (Å²) in [5.41, 5.74) is 6.02. The van der Waals surface area contributed by atoms with E-state index in [1.807, 2.05) is 77.7 Å². The third-order valence-corrected chi connectivity index (χ3v) is 12.4. The van der Waals surface area contributed by atoms with Gasteiger partial charge in [-0.25, -0.2) is 0 Å². The Labute approximate surface area is 419 Å². The van der Waals surface area contributed by atoms with Crippen molar-refractivity contribution in [1.82, 2.24) is 30.2 Å². The third kappa shape index (κ3) is 22.4. The molecule has 6 rings (SSSR count). The summed E-state index contributed by atoms with van der Waals surface area (Å²) in [6, 6.07) is 30.0. The number of rotatable bonds is 16. The zero-order chi connectivity index (χ0) is 51.7. The van der Waals surface area contributed by atoms with Gasteiger partial charge in [0.1, 0.15) is 11.5 Å². The van der Waals surface area contributed by atoms with E-state index in [9.17, 15) is 29.4 Å². The molecule has 5 N–H and O–H groups in total. The minimum absolute atomic E-state index is 0.0108. The minimum atomic E-state index is -0.856. The highest BCUT2D eigenvalue weighted by Crippen LogP contribution is 2.24. The predicted molar refractivity (Wildman–Crippen MR) is 283 cm³/mol. The van der Waals surface area contributed by atoms with Crippen molar-refractivity contribution < 1.29 is 34.5 Å². The van der Waals surface area contributed by atoms with Gasteiger partial charge in [-0.1, -0.05) is 123 Å². The second kappa shape index (κ2) is 30.2. The SMILES string of the molecule is CC(C)(C)c1ccc(C(=O)CCCC(=O)O)cc1.CC(C)(C)c1ccc(C(=O)NCCC(=O)N2CCN(Cc3cccc(O)c3)CC2)cc1.CCN(CC)CC.Oc1cccc(CN2CCNCC2)c1. The first-order valence-electron chi connectivity index (χ1n) is 25.2. The van der Waals surface area contributed by atoms with E-state index in [0.717, 1.165) is 57.9 Å². The standard InChI is InChI=1S/C25H33N3O3.C15H20O3.C11H16N2O.C6H15N/c1-25(2,3)21-9-7-20(8-10-21)24(31)26-12-11-23(30)28-15-13-27(14-16-28)18-19-5-4-6-22(29)17-19;1-15(2,3)12-9-7-11(8-10-12)13(16)5-4-6-14(17)18;14-11-3-1-2-10(8-11)9-13-6-4-12-5-7-13;1-4-7(5-2)6-3/h4-10,17,29H,11-16,18H2,1-3H3,(H,26,31);7-10H,4-6H2,1-3H3,(H,17,18);1-3,8,12,14H,4-7,9H2;4-6H2,1-3H3. The average molecular weight is 965 g/mol. The predicted octanol–water partition coefficient (Wildman–Crippen LogP) is 8.72. The van der Waals surface area contributed by atoms with Crippen molar-refractivity contribution in [2.45, 2.75) is 112 Å². The number of Topliss-reactive ketones (excluding diaryl/α,β-unsaturated/α-hetero) is 1. The number of piperazine rings is 2. The Balaban J connectivity index is 0.000000280. The molecule has 2 amide bonds. The van der Waals surface area contributed by atoms with Crippen LogP contribution in [0.3, 0.4) is 0 Å². The van der Waals surface area contributed by atoms with Crippen LogP contribution in [0.5, 0.6) is 11.5 Å². The zero-order valence-electron chi connectivity index (χ0n) is 43.7. The molecule has 0 unspecified atom stereocenters. The van der Waals surface area contributed by atoms with Crippen LogP contribution in [0.15, 0.2) is 97.1 Å². The summed E-state index contributed by atoms with van der Waals surface area (Å²) in [5.74, 6) is -0.289. The quantitative estimate of drug-likeness (QED) is 0.0682. The summed E-state index contributed by atoms with van der Waals surface area (Å²) in [6.07, 6.45) is 1.04. The molecular formula is C57H84N6O7. The highest BCUT2D eigenvalue weighted by Gasteiger charge is 2.22. The molecule has 13 heteroatoms. The molecule has 4 aromatic rings. The summed E-state index contributed by atoms with van der Waals surface area (Å²) < 4.78 is 0. The maximum absolute atomic E-state index is 12.5. The van der Waals surface area contributed by atoms with Crippen LogP contribution < -0.4 is 10.6 Å². The van der Waals surface area contributed by atoms with Gasteiger partial charge in [0, 0.05) is 102 Å². The molecule has 70 heavy (non-hydrogen) atoms. The molecule has 0 atom stereocenters. The van der Waals surface area contributed by atoms with E-state index in [0.29, 0.717) is 55.8 Å². The highest BCUT2D eigenvalue weighted by atomic mass is 16.4. The number of carboxylic acid groups (broad SMARTS) is 1. The van der Waals surface area contributed by atoms with E-state index >= 15 is 0 Å². The molecule has 0 aliphatic carbocycles. The van der Waals surface area contributed by atoms with Crippen molar-refractivity contribution in [3.8, 4) is 11.5 Å². The fourth-order valence-electron chi connectivity index (χ4n) is 7.89. The summed E-state index contributed by atoms with van der Waals surface area (Å²) in [5, 5.41) is 33.6. The summed E-state index contributed by atoms with van der Waals surface area (Å²) in [7, 11) is 0. The Hall–Kier alpha value is -5.60. The number of hydrogen-bond acceptors (Lipinski definition) is 10. The molecular weight excluding hydrogens is 881 g/mol. The number of benzene rings is 4. The first-order valence-corrected chi connectivity index (χ1v) is 25.2. The fourth-order valence-corrected chi connectivity index (χ4v) is 7.89. The molecule has 4 aromatic carbocycles. The number of aliphatic carboxylic acids is 1. The number of carbonyl (C=O) groups excluding carboxylic acids is 3. The van der Waals surface area contributed by atoms with Gasteiger partial charge >= 0.3 is 5.97 Å². The number of carbonyl (C=O) groups is 4. The molecule has 0 saturated carbocycles. The minimum Gasteiger partial charge on any atom is -0.508 e. The second-order valence-electron chi connectivity index (χ2n) is 20.0. The van der Waals surface area contributed by atoms with Crippen LogP contribution in [0.1, 0.15) is 131 Å². The normalized spacial score (nSPS) is 14.2. The maximum Gasteiger partial charge on any atom is 0.303 e. The van der Waals surface area contributed by atoms with Crippen LogP contribution in [-0.4, -0.2) is 137 Å². The van der Waals surface area contributed by atoms with Crippen LogP contribution >= 0.6 is 0 Å². The maximum atomic E-state index is 12.5. The van der Waals surface area contributed by atoms with E-state index in [4.69, 9.17) is 5.11 Å². The van der Waals surface area contributed by atoms with Gasteiger partial charge in [0.15, 0.2) is 5.78 Å². The number of nitrogens with zero attached hydrogens (tertiary/aromatic N) is 4. The second-order valence-corrected chi connectivity index (χ2v) is 20.0. The van der Waals surface area contributed by atoms with E-state index in [1.54, 1.807) is 18.2 Å². The van der Waals surface area contributed by atoms with Gasteiger partial charge in [0.05, 0.1) is 0 Å². The smallest absolute Gasteiger partial charge is 0.303 e. The molecule has 2 fully saturated rings.